The number of alkyl halides is 3. The van der Waals surface area contributed by atoms with Gasteiger partial charge in [0.15, 0.2) is 0 Å². The first kappa shape index (κ1) is 16.2. The maximum atomic E-state index is 12.5. The summed E-state index contributed by atoms with van der Waals surface area (Å²) in [6.45, 7) is 0.0969. The van der Waals surface area contributed by atoms with Gasteiger partial charge in [0.05, 0.1) is 6.10 Å². The third kappa shape index (κ3) is 4.70. The molecule has 1 aromatic carbocycles. The Balaban J connectivity index is 1.96. The lowest BCUT2D eigenvalue weighted by atomic mass is 10.1. The van der Waals surface area contributed by atoms with Crippen molar-refractivity contribution in [2.45, 2.75) is 18.7 Å². The van der Waals surface area contributed by atoms with Crippen LogP contribution in [0.25, 0.3) is 0 Å². The van der Waals surface area contributed by atoms with Crippen LogP contribution in [0, 0.1) is 0 Å². The fraction of sp³-hybridized carbons (Fsp3) is 0.333. The van der Waals surface area contributed by atoms with Gasteiger partial charge in [0.1, 0.15) is 6.61 Å². The number of ether oxygens (including phenoxy) is 2. The molecule has 0 amide bonds. The molecule has 2 aromatic rings. The van der Waals surface area contributed by atoms with E-state index in [1.54, 1.807) is 0 Å². The second-order valence-corrected chi connectivity index (χ2v) is 4.57. The van der Waals surface area contributed by atoms with E-state index in [1.165, 1.54) is 13.2 Å². The SMILES string of the molecule is COC(COc1ccnc(C(F)(F)F)n1)Cc1ccccc1. The Morgan fingerprint density at radius 1 is 1.14 bits per heavy atom. The second kappa shape index (κ2) is 7.22. The fourth-order valence-corrected chi connectivity index (χ4v) is 1.82. The first-order valence-electron chi connectivity index (χ1n) is 6.59. The monoisotopic (exact) mass is 312 g/mol. The van der Waals surface area contributed by atoms with Crippen LogP contribution < -0.4 is 4.74 Å². The maximum absolute atomic E-state index is 12.5. The van der Waals surface area contributed by atoms with Gasteiger partial charge in [-0.1, -0.05) is 30.3 Å². The lowest BCUT2D eigenvalue weighted by Gasteiger charge is -2.16. The van der Waals surface area contributed by atoms with E-state index >= 15 is 0 Å². The average molecular weight is 312 g/mol. The minimum absolute atomic E-state index is 0.0969. The zero-order valence-corrected chi connectivity index (χ0v) is 11.9. The Kier molecular flexibility index (Phi) is 5.32. The molecule has 0 fully saturated rings. The van der Waals surface area contributed by atoms with Gasteiger partial charge in [-0.2, -0.15) is 18.2 Å². The predicted molar refractivity (Wildman–Crippen MR) is 73.5 cm³/mol. The molecule has 0 N–H and O–H groups in total. The number of halogens is 3. The topological polar surface area (TPSA) is 44.2 Å². The molecular formula is C15H15F3N2O2. The molecule has 118 valence electrons. The highest BCUT2D eigenvalue weighted by Gasteiger charge is 2.34. The van der Waals surface area contributed by atoms with Crippen LogP contribution >= 0.6 is 0 Å². The number of methoxy groups -OCH3 is 1. The molecule has 0 radical (unpaired) electrons. The summed E-state index contributed by atoms with van der Waals surface area (Å²) in [7, 11) is 1.53. The van der Waals surface area contributed by atoms with E-state index in [-0.39, 0.29) is 18.6 Å². The summed E-state index contributed by atoms with van der Waals surface area (Å²) >= 11 is 0. The summed E-state index contributed by atoms with van der Waals surface area (Å²) in [6, 6.07) is 10.9. The largest absolute Gasteiger partial charge is 0.475 e. The molecule has 1 aromatic heterocycles. The van der Waals surface area contributed by atoms with Crippen molar-refractivity contribution in [1.29, 1.82) is 0 Å². The Morgan fingerprint density at radius 2 is 1.86 bits per heavy atom. The molecule has 1 unspecified atom stereocenters. The van der Waals surface area contributed by atoms with E-state index in [2.05, 4.69) is 9.97 Å². The highest BCUT2D eigenvalue weighted by atomic mass is 19.4. The van der Waals surface area contributed by atoms with Crippen molar-refractivity contribution >= 4 is 0 Å². The van der Waals surface area contributed by atoms with Crippen molar-refractivity contribution in [2.24, 2.45) is 0 Å². The van der Waals surface area contributed by atoms with Crippen LogP contribution in [0.3, 0.4) is 0 Å². The molecule has 22 heavy (non-hydrogen) atoms. The predicted octanol–water partition coefficient (Wildman–Crippen LogP) is 3.13. The number of benzene rings is 1. The van der Waals surface area contributed by atoms with Gasteiger partial charge in [-0.25, -0.2) is 4.98 Å². The first-order valence-corrected chi connectivity index (χ1v) is 6.59. The molecule has 7 heteroatoms. The molecule has 0 spiro atoms. The third-order valence-electron chi connectivity index (χ3n) is 2.94. The summed E-state index contributed by atoms with van der Waals surface area (Å²) < 4.78 is 48.1. The van der Waals surface area contributed by atoms with Gasteiger partial charge in [-0.15, -0.1) is 0 Å². The molecule has 0 saturated heterocycles. The quantitative estimate of drug-likeness (QED) is 0.822. The summed E-state index contributed by atoms with van der Waals surface area (Å²) in [5.41, 5.74) is 1.05. The number of rotatable bonds is 6. The summed E-state index contributed by atoms with van der Waals surface area (Å²) in [4.78, 5) is 6.52. The van der Waals surface area contributed by atoms with E-state index < -0.39 is 12.0 Å². The molecule has 0 saturated carbocycles. The molecule has 0 aliphatic carbocycles. The number of nitrogens with zero attached hydrogens (tertiary/aromatic N) is 2. The zero-order chi connectivity index (χ0) is 16.0. The maximum Gasteiger partial charge on any atom is 0.451 e. The van der Waals surface area contributed by atoms with Crippen molar-refractivity contribution < 1.29 is 22.6 Å². The molecular weight excluding hydrogens is 297 g/mol. The van der Waals surface area contributed by atoms with Crippen molar-refractivity contribution in [1.82, 2.24) is 9.97 Å². The van der Waals surface area contributed by atoms with Crippen LogP contribution in [-0.2, 0) is 17.3 Å². The third-order valence-corrected chi connectivity index (χ3v) is 2.94. The van der Waals surface area contributed by atoms with Gasteiger partial charge in [-0.3, -0.25) is 0 Å². The van der Waals surface area contributed by atoms with Crippen LogP contribution in [0.15, 0.2) is 42.6 Å². The Labute approximate surface area is 125 Å². The smallest absolute Gasteiger partial charge is 0.451 e. The van der Waals surface area contributed by atoms with E-state index in [0.717, 1.165) is 11.8 Å². The molecule has 0 aliphatic rings. The molecule has 4 nitrogen and oxygen atoms in total. The van der Waals surface area contributed by atoms with Gasteiger partial charge >= 0.3 is 6.18 Å². The van der Waals surface area contributed by atoms with Gasteiger partial charge < -0.3 is 9.47 Å². The molecule has 0 aliphatic heterocycles. The fourth-order valence-electron chi connectivity index (χ4n) is 1.82. The Morgan fingerprint density at radius 3 is 2.50 bits per heavy atom. The second-order valence-electron chi connectivity index (χ2n) is 4.57. The first-order chi connectivity index (χ1) is 10.5. The normalized spacial score (nSPS) is 12.9. The van der Waals surface area contributed by atoms with Crippen molar-refractivity contribution in [2.75, 3.05) is 13.7 Å². The lowest BCUT2D eigenvalue weighted by molar-refractivity contribution is -0.145. The van der Waals surface area contributed by atoms with Gasteiger partial charge in [0, 0.05) is 25.8 Å². The minimum Gasteiger partial charge on any atom is -0.475 e. The summed E-state index contributed by atoms with van der Waals surface area (Å²) in [5, 5.41) is 0. The van der Waals surface area contributed by atoms with E-state index in [0.29, 0.717) is 6.42 Å². The van der Waals surface area contributed by atoms with Gasteiger partial charge in [0.25, 0.3) is 0 Å². The Hall–Kier alpha value is -2.15. The molecule has 0 bridgehead atoms. The number of aromatic nitrogens is 2. The van der Waals surface area contributed by atoms with Crippen molar-refractivity contribution in [3.05, 3.63) is 54.0 Å². The molecule has 2 rings (SSSR count). The standard InChI is InChI=1S/C15H15F3N2O2/c1-21-12(9-11-5-3-2-4-6-11)10-22-13-7-8-19-14(20-13)15(16,17)18/h2-8,12H,9-10H2,1H3. The number of hydrogen-bond donors (Lipinski definition) is 0. The lowest BCUT2D eigenvalue weighted by Crippen LogP contribution is -2.23. The minimum atomic E-state index is -4.59. The highest BCUT2D eigenvalue weighted by Crippen LogP contribution is 2.26. The van der Waals surface area contributed by atoms with E-state index in [4.69, 9.17) is 9.47 Å². The van der Waals surface area contributed by atoms with Gasteiger partial charge in [-0.05, 0) is 5.56 Å². The summed E-state index contributed by atoms with van der Waals surface area (Å²) in [5.74, 6) is -1.35. The summed E-state index contributed by atoms with van der Waals surface area (Å²) in [6.07, 6.45) is -3.27. The average Bonchev–Trinajstić information content (AvgIpc) is 2.52. The van der Waals surface area contributed by atoms with Crippen molar-refractivity contribution in [3.63, 3.8) is 0 Å². The van der Waals surface area contributed by atoms with E-state index in [1.807, 2.05) is 30.3 Å². The van der Waals surface area contributed by atoms with Crippen LogP contribution in [0.5, 0.6) is 5.88 Å². The molecule has 1 atom stereocenters. The zero-order valence-electron chi connectivity index (χ0n) is 11.9. The van der Waals surface area contributed by atoms with Crippen LogP contribution in [0.4, 0.5) is 13.2 Å². The van der Waals surface area contributed by atoms with Crippen LogP contribution in [0.1, 0.15) is 11.4 Å². The number of hydrogen-bond acceptors (Lipinski definition) is 4. The van der Waals surface area contributed by atoms with Gasteiger partial charge in [0.2, 0.25) is 11.7 Å². The van der Waals surface area contributed by atoms with Crippen LogP contribution in [-0.4, -0.2) is 29.8 Å². The Bertz CT molecular complexity index is 591. The highest BCUT2D eigenvalue weighted by molar-refractivity contribution is 5.16. The van der Waals surface area contributed by atoms with Crippen molar-refractivity contribution in [3.8, 4) is 5.88 Å². The molecule has 1 heterocycles. The van der Waals surface area contributed by atoms with Crippen LogP contribution in [0.2, 0.25) is 0 Å². The van der Waals surface area contributed by atoms with E-state index in [9.17, 15) is 13.2 Å².